The van der Waals surface area contributed by atoms with Crippen LogP contribution in [-0.4, -0.2) is 18.1 Å². The van der Waals surface area contributed by atoms with Crippen molar-refractivity contribution in [3.63, 3.8) is 0 Å². The van der Waals surface area contributed by atoms with Gasteiger partial charge in [0, 0.05) is 10.9 Å². The molecule has 0 unspecified atom stereocenters. The van der Waals surface area contributed by atoms with E-state index < -0.39 is 17.7 Å². The quantitative estimate of drug-likeness (QED) is 0.242. The summed E-state index contributed by atoms with van der Waals surface area (Å²) in [6.45, 7) is -0.285. The maximum atomic E-state index is 13.1. The van der Waals surface area contributed by atoms with E-state index in [1.54, 1.807) is 31.4 Å². The lowest BCUT2D eigenvalue weighted by molar-refractivity contribution is -0.137. The monoisotopic (exact) mass is 487 g/mol. The van der Waals surface area contributed by atoms with Crippen molar-refractivity contribution in [2.45, 2.75) is 12.8 Å². The van der Waals surface area contributed by atoms with E-state index in [1.165, 1.54) is 12.1 Å². The van der Waals surface area contributed by atoms with Crippen LogP contribution in [0, 0.1) is 0 Å². The molecule has 0 bridgehead atoms. The Bertz CT molecular complexity index is 1590. The predicted molar refractivity (Wildman–Crippen MR) is 132 cm³/mol. The number of fused-ring (bicyclic) bond motifs is 2. The molecule has 0 fully saturated rings. The van der Waals surface area contributed by atoms with Gasteiger partial charge in [0.25, 0.3) is 0 Å². The zero-order valence-corrected chi connectivity index (χ0v) is 19.2. The van der Waals surface area contributed by atoms with E-state index >= 15 is 0 Å². The molecule has 0 atom stereocenters. The van der Waals surface area contributed by atoms with Crippen molar-refractivity contribution < 1.29 is 27.4 Å². The van der Waals surface area contributed by atoms with Gasteiger partial charge in [-0.2, -0.15) is 13.2 Å². The number of methoxy groups -OCH3 is 1. The molecule has 0 amide bonds. The Balaban J connectivity index is 1.49. The summed E-state index contributed by atoms with van der Waals surface area (Å²) in [6, 6.07) is 25.2. The van der Waals surface area contributed by atoms with E-state index in [9.17, 15) is 18.0 Å². The van der Waals surface area contributed by atoms with Crippen LogP contribution < -0.4 is 4.74 Å². The van der Waals surface area contributed by atoms with E-state index in [1.807, 2.05) is 42.5 Å². The largest absolute Gasteiger partial charge is 0.497 e. The smallest absolute Gasteiger partial charge is 0.416 e. The number of aromatic nitrogens is 1. The van der Waals surface area contributed by atoms with E-state index in [0.29, 0.717) is 16.6 Å². The topological polar surface area (TPSA) is 48.4 Å². The van der Waals surface area contributed by atoms with Crippen LogP contribution in [0.15, 0.2) is 91.0 Å². The normalized spacial score (nSPS) is 11.6. The van der Waals surface area contributed by atoms with Gasteiger partial charge in [0.2, 0.25) is 0 Å². The Kier molecular flexibility index (Phi) is 6.06. The number of rotatable bonds is 5. The highest BCUT2D eigenvalue weighted by molar-refractivity contribution is 6.04. The molecular weight excluding hydrogens is 467 g/mol. The van der Waals surface area contributed by atoms with Crippen LogP contribution in [0.5, 0.6) is 5.75 Å². The SMILES string of the molecule is COc1ccc2cc(-c3cc(C(=O)OCc4cccc(C(F)(F)F)c4)c4ccccc4n3)ccc2c1. The first kappa shape index (κ1) is 23.4. The number of hydrogen-bond donors (Lipinski definition) is 0. The summed E-state index contributed by atoms with van der Waals surface area (Å²) in [5.41, 5.74) is 1.75. The summed E-state index contributed by atoms with van der Waals surface area (Å²) in [5.74, 6) is 0.114. The molecule has 0 saturated heterocycles. The summed E-state index contributed by atoms with van der Waals surface area (Å²) in [6.07, 6.45) is -4.47. The molecule has 1 heterocycles. The van der Waals surface area contributed by atoms with E-state index in [4.69, 9.17) is 14.5 Å². The van der Waals surface area contributed by atoms with Crippen LogP contribution in [0.2, 0.25) is 0 Å². The second kappa shape index (κ2) is 9.34. The number of hydrogen-bond acceptors (Lipinski definition) is 4. The van der Waals surface area contributed by atoms with E-state index in [-0.39, 0.29) is 17.7 Å². The molecule has 0 spiro atoms. The van der Waals surface area contributed by atoms with Gasteiger partial charge in [0.05, 0.1) is 29.4 Å². The van der Waals surface area contributed by atoms with Crippen molar-refractivity contribution in [2.24, 2.45) is 0 Å². The molecule has 4 nitrogen and oxygen atoms in total. The van der Waals surface area contributed by atoms with Crippen molar-refractivity contribution >= 4 is 27.6 Å². The van der Waals surface area contributed by atoms with Gasteiger partial charge in [-0.1, -0.05) is 48.5 Å². The number of ether oxygens (including phenoxy) is 2. The third-order valence-electron chi connectivity index (χ3n) is 5.90. The summed E-state index contributed by atoms with van der Waals surface area (Å²) < 4.78 is 49.8. The highest BCUT2D eigenvalue weighted by Crippen LogP contribution is 2.31. The molecule has 0 aliphatic carbocycles. The van der Waals surface area contributed by atoms with Gasteiger partial charge in [-0.15, -0.1) is 0 Å². The third kappa shape index (κ3) is 4.73. The Morgan fingerprint density at radius 3 is 2.44 bits per heavy atom. The first-order valence-corrected chi connectivity index (χ1v) is 11.1. The first-order chi connectivity index (χ1) is 17.3. The minimum Gasteiger partial charge on any atom is -0.497 e. The number of carbonyl (C=O) groups is 1. The lowest BCUT2D eigenvalue weighted by Gasteiger charge is -2.12. The minimum atomic E-state index is -4.47. The highest BCUT2D eigenvalue weighted by atomic mass is 19.4. The molecule has 0 aliphatic rings. The average Bonchev–Trinajstić information content (AvgIpc) is 2.90. The van der Waals surface area contributed by atoms with Crippen LogP contribution in [0.1, 0.15) is 21.5 Å². The number of benzene rings is 4. The molecule has 5 aromatic rings. The van der Waals surface area contributed by atoms with Crippen molar-refractivity contribution in [1.82, 2.24) is 4.98 Å². The fourth-order valence-corrected chi connectivity index (χ4v) is 4.07. The van der Waals surface area contributed by atoms with Crippen molar-refractivity contribution in [1.29, 1.82) is 0 Å². The molecule has 5 rings (SSSR count). The van der Waals surface area contributed by atoms with Crippen molar-refractivity contribution in [3.8, 4) is 17.0 Å². The van der Waals surface area contributed by atoms with Crippen LogP contribution >= 0.6 is 0 Å². The maximum absolute atomic E-state index is 13.1. The zero-order valence-electron chi connectivity index (χ0n) is 19.2. The number of para-hydroxylation sites is 1. The van der Waals surface area contributed by atoms with Gasteiger partial charge >= 0.3 is 12.1 Å². The molecule has 4 aromatic carbocycles. The van der Waals surface area contributed by atoms with E-state index in [2.05, 4.69) is 0 Å². The Labute approximate surface area is 204 Å². The van der Waals surface area contributed by atoms with Gasteiger partial charge in [-0.3, -0.25) is 0 Å². The second-order valence-electron chi connectivity index (χ2n) is 8.27. The molecule has 180 valence electrons. The van der Waals surface area contributed by atoms with Crippen LogP contribution in [0.3, 0.4) is 0 Å². The number of pyridine rings is 1. The Morgan fingerprint density at radius 1 is 0.861 bits per heavy atom. The van der Waals surface area contributed by atoms with Gasteiger partial charge < -0.3 is 9.47 Å². The van der Waals surface area contributed by atoms with Gasteiger partial charge in [-0.25, -0.2) is 9.78 Å². The van der Waals surface area contributed by atoms with E-state index in [0.717, 1.165) is 34.2 Å². The highest BCUT2D eigenvalue weighted by Gasteiger charge is 2.30. The maximum Gasteiger partial charge on any atom is 0.416 e. The second-order valence-corrected chi connectivity index (χ2v) is 8.27. The lowest BCUT2D eigenvalue weighted by Crippen LogP contribution is -2.09. The number of nitrogens with zero attached hydrogens (tertiary/aromatic N) is 1. The number of carbonyl (C=O) groups excluding carboxylic acids is 1. The zero-order chi connectivity index (χ0) is 25.3. The summed E-state index contributed by atoms with van der Waals surface area (Å²) in [5, 5.41) is 2.58. The standard InChI is InChI=1S/C29H20F3NO3/c1-35-23-12-11-19-14-21(10-9-20(19)15-23)27-16-25(24-7-2-3-8-26(24)33-27)28(34)36-17-18-5-4-6-22(13-18)29(30,31)32/h2-16H,17H2,1H3. The van der Waals surface area contributed by atoms with Crippen molar-refractivity contribution in [2.75, 3.05) is 7.11 Å². The molecule has 0 aliphatic heterocycles. The van der Waals surface area contributed by atoms with Crippen molar-refractivity contribution in [3.05, 3.63) is 108 Å². The fraction of sp³-hybridized carbons (Fsp3) is 0.103. The number of halogens is 3. The number of alkyl halides is 3. The molecule has 0 radical (unpaired) electrons. The third-order valence-corrected chi connectivity index (χ3v) is 5.90. The molecule has 0 saturated carbocycles. The van der Waals surface area contributed by atoms with Crippen LogP contribution in [0.25, 0.3) is 32.9 Å². The molecular formula is C29H20F3NO3. The Morgan fingerprint density at radius 2 is 1.64 bits per heavy atom. The first-order valence-electron chi connectivity index (χ1n) is 11.1. The minimum absolute atomic E-state index is 0.252. The summed E-state index contributed by atoms with van der Waals surface area (Å²) in [7, 11) is 1.61. The van der Waals surface area contributed by atoms with Gasteiger partial charge in [-0.05, 0) is 58.8 Å². The molecule has 1 aromatic heterocycles. The van der Waals surface area contributed by atoms with Gasteiger partial charge in [0.1, 0.15) is 12.4 Å². The molecule has 0 N–H and O–H groups in total. The van der Waals surface area contributed by atoms with Crippen LogP contribution in [0.4, 0.5) is 13.2 Å². The van der Waals surface area contributed by atoms with Gasteiger partial charge in [0.15, 0.2) is 0 Å². The lowest BCUT2D eigenvalue weighted by atomic mass is 10.0. The predicted octanol–water partition coefficient (Wildman–Crippen LogP) is 7.44. The summed E-state index contributed by atoms with van der Waals surface area (Å²) in [4.78, 5) is 17.8. The fourth-order valence-electron chi connectivity index (χ4n) is 4.07. The van der Waals surface area contributed by atoms with Crippen LogP contribution in [-0.2, 0) is 17.5 Å². The molecule has 7 heteroatoms. The molecule has 36 heavy (non-hydrogen) atoms. The summed E-state index contributed by atoms with van der Waals surface area (Å²) >= 11 is 0. The number of esters is 1. The Hall–Kier alpha value is -4.39. The average molecular weight is 487 g/mol.